The second kappa shape index (κ2) is 39.4. The summed E-state index contributed by atoms with van der Waals surface area (Å²) in [6.45, 7) is 4.71. The molecule has 0 saturated heterocycles. The summed E-state index contributed by atoms with van der Waals surface area (Å²) in [5, 5.41) is 13.9. The Morgan fingerprint density at radius 3 is 1.48 bits per heavy atom. The van der Waals surface area contributed by atoms with Crippen LogP contribution in [-0.2, 0) is 18.4 Å². The lowest BCUT2D eigenvalue weighted by Crippen LogP contribution is -2.46. The average molecular weight is 813 g/mol. The molecule has 0 aromatic rings. The molecule has 2 N–H and O–H groups in total. The Morgan fingerprint density at radius 1 is 0.625 bits per heavy atom. The second-order valence-corrected chi connectivity index (χ2v) is 18.9. The number of nitrogens with one attached hydrogen (secondary N) is 1. The van der Waals surface area contributed by atoms with E-state index in [0.717, 1.165) is 51.4 Å². The van der Waals surface area contributed by atoms with Crippen molar-refractivity contribution < 1.29 is 32.9 Å². The lowest BCUT2D eigenvalue weighted by atomic mass is 10.0. The predicted molar refractivity (Wildman–Crippen MR) is 238 cm³/mol. The molecule has 0 aliphatic carbocycles. The summed E-state index contributed by atoms with van der Waals surface area (Å²) in [4.78, 5) is 25.3. The quantitative estimate of drug-likeness (QED) is 0.0275. The fourth-order valence-electron chi connectivity index (χ4n) is 6.89. The average Bonchev–Trinajstić information content (AvgIpc) is 3.15. The molecular weight excluding hydrogens is 719 g/mol. The third-order valence-corrected chi connectivity index (χ3v) is 11.7. The van der Waals surface area contributed by atoms with Crippen LogP contribution in [0.15, 0.2) is 24.3 Å². The van der Waals surface area contributed by atoms with Crippen LogP contribution < -0.4 is 10.2 Å². The van der Waals surface area contributed by atoms with Crippen molar-refractivity contribution in [3.8, 4) is 0 Å². The lowest BCUT2D eigenvalue weighted by Gasteiger charge is -2.30. The minimum Gasteiger partial charge on any atom is -0.756 e. The zero-order valence-electron chi connectivity index (χ0n) is 37.6. The second-order valence-electron chi connectivity index (χ2n) is 17.5. The van der Waals surface area contributed by atoms with Gasteiger partial charge in [0, 0.05) is 6.42 Å². The van der Waals surface area contributed by atoms with E-state index in [0.29, 0.717) is 23.9 Å². The van der Waals surface area contributed by atoms with Crippen LogP contribution in [0.5, 0.6) is 0 Å². The number of hydrogen-bond acceptors (Lipinski definition) is 6. The largest absolute Gasteiger partial charge is 0.756 e. The van der Waals surface area contributed by atoms with E-state index in [1.165, 1.54) is 141 Å². The van der Waals surface area contributed by atoms with Crippen LogP contribution in [0.3, 0.4) is 0 Å². The number of phosphoric acid groups is 1. The van der Waals surface area contributed by atoms with E-state index >= 15 is 0 Å². The highest BCUT2D eigenvalue weighted by atomic mass is 31.2. The smallest absolute Gasteiger partial charge is 0.268 e. The summed E-state index contributed by atoms with van der Waals surface area (Å²) in [5.74, 6) is -0.173. The minimum absolute atomic E-state index is 0.0109. The van der Waals surface area contributed by atoms with Gasteiger partial charge in [-0.2, -0.15) is 0 Å². The number of nitrogens with zero attached hydrogens (tertiary/aromatic N) is 1. The number of quaternary nitrogens is 1. The van der Waals surface area contributed by atoms with Crippen molar-refractivity contribution in [3.63, 3.8) is 0 Å². The summed E-state index contributed by atoms with van der Waals surface area (Å²) in [6, 6.07) is -0.801. The van der Waals surface area contributed by atoms with Gasteiger partial charge in [-0.15, -0.1) is 0 Å². The van der Waals surface area contributed by atoms with Crippen LogP contribution >= 0.6 is 7.82 Å². The highest BCUT2D eigenvalue weighted by molar-refractivity contribution is 7.45. The molecule has 8 nitrogen and oxygen atoms in total. The van der Waals surface area contributed by atoms with Crippen molar-refractivity contribution in [2.24, 2.45) is 0 Å². The van der Waals surface area contributed by atoms with E-state index in [1.807, 2.05) is 21.1 Å². The van der Waals surface area contributed by atoms with E-state index in [2.05, 4.69) is 43.5 Å². The molecule has 0 aromatic carbocycles. The Bertz CT molecular complexity index is 969. The number of hydrogen-bond donors (Lipinski definition) is 2. The predicted octanol–water partition coefficient (Wildman–Crippen LogP) is 12.7. The first kappa shape index (κ1) is 55.0. The molecule has 3 atom stereocenters. The van der Waals surface area contributed by atoms with Crippen LogP contribution in [0.25, 0.3) is 0 Å². The van der Waals surface area contributed by atoms with E-state index in [9.17, 15) is 19.4 Å². The molecule has 0 heterocycles. The molecule has 0 aliphatic rings. The number of likely N-dealkylation sites (N-methyl/N-ethyl adjacent to an activating group) is 1. The molecule has 332 valence electrons. The number of allylic oxidation sites excluding steroid dienone is 4. The minimum atomic E-state index is -4.56. The number of aliphatic hydroxyl groups is 1. The van der Waals surface area contributed by atoms with E-state index in [1.54, 1.807) is 0 Å². The number of amides is 1. The van der Waals surface area contributed by atoms with Gasteiger partial charge < -0.3 is 28.8 Å². The fourth-order valence-corrected chi connectivity index (χ4v) is 7.62. The molecule has 3 unspecified atom stereocenters. The highest BCUT2D eigenvalue weighted by Gasteiger charge is 2.24. The topological polar surface area (TPSA) is 108 Å². The molecule has 0 fully saturated rings. The van der Waals surface area contributed by atoms with Gasteiger partial charge in [-0.25, -0.2) is 0 Å². The Hall–Kier alpha value is -1.02. The van der Waals surface area contributed by atoms with E-state index in [4.69, 9.17) is 9.05 Å². The van der Waals surface area contributed by atoms with Crippen molar-refractivity contribution in [1.29, 1.82) is 0 Å². The Balaban J connectivity index is 4.23. The Morgan fingerprint density at radius 2 is 1.04 bits per heavy atom. The molecule has 0 aromatic heterocycles. The summed E-state index contributed by atoms with van der Waals surface area (Å²) < 4.78 is 23.2. The maximum absolute atomic E-state index is 12.9. The molecule has 0 spiro atoms. The van der Waals surface area contributed by atoms with E-state index in [-0.39, 0.29) is 19.1 Å². The first-order valence-electron chi connectivity index (χ1n) is 23.7. The molecule has 0 radical (unpaired) electrons. The van der Waals surface area contributed by atoms with Gasteiger partial charge in [-0.05, 0) is 44.9 Å². The number of rotatable bonds is 43. The van der Waals surface area contributed by atoms with Crippen molar-refractivity contribution in [2.75, 3.05) is 40.9 Å². The summed E-state index contributed by atoms with van der Waals surface area (Å²) in [6.07, 6.45) is 46.2. The van der Waals surface area contributed by atoms with Crippen molar-refractivity contribution >= 4 is 13.7 Å². The Labute approximate surface area is 347 Å². The van der Waals surface area contributed by atoms with Gasteiger partial charge in [0.05, 0.1) is 39.9 Å². The summed E-state index contributed by atoms with van der Waals surface area (Å²) >= 11 is 0. The molecule has 0 saturated carbocycles. The number of phosphoric ester groups is 1. The maximum atomic E-state index is 12.9. The fraction of sp³-hybridized carbons (Fsp3) is 0.894. The lowest BCUT2D eigenvalue weighted by molar-refractivity contribution is -0.870. The van der Waals surface area contributed by atoms with Crippen LogP contribution in [-0.4, -0.2) is 68.5 Å². The van der Waals surface area contributed by atoms with Gasteiger partial charge in [0.25, 0.3) is 7.82 Å². The van der Waals surface area contributed by atoms with Gasteiger partial charge in [0.2, 0.25) is 5.91 Å². The first-order valence-corrected chi connectivity index (χ1v) is 25.1. The number of aliphatic hydroxyl groups excluding tert-OH is 1. The number of carbonyl (C=O) groups excluding carboxylic acids is 1. The first-order chi connectivity index (χ1) is 27.0. The molecular formula is C47H93N2O6P. The zero-order chi connectivity index (χ0) is 41.4. The molecule has 1 amide bonds. The van der Waals surface area contributed by atoms with Gasteiger partial charge in [-0.3, -0.25) is 9.36 Å². The summed E-state index contributed by atoms with van der Waals surface area (Å²) in [5.41, 5.74) is 0. The van der Waals surface area contributed by atoms with Crippen molar-refractivity contribution in [2.45, 2.75) is 231 Å². The molecule has 0 aliphatic heterocycles. The third-order valence-electron chi connectivity index (χ3n) is 10.7. The van der Waals surface area contributed by atoms with Gasteiger partial charge in [0.15, 0.2) is 0 Å². The number of carbonyl (C=O) groups is 1. The molecule has 56 heavy (non-hydrogen) atoms. The van der Waals surface area contributed by atoms with Gasteiger partial charge in [-0.1, -0.05) is 192 Å². The SMILES string of the molecule is CCCCCCCCCCC/C=C\C/C=C\CCCCCCCCCC(=O)NC(COP(=O)([O-])OCC[N+](C)(C)C)C(O)CCCCCCCCCCCCC. The van der Waals surface area contributed by atoms with Gasteiger partial charge in [0.1, 0.15) is 13.2 Å². The van der Waals surface area contributed by atoms with Gasteiger partial charge >= 0.3 is 0 Å². The van der Waals surface area contributed by atoms with Crippen molar-refractivity contribution in [3.05, 3.63) is 24.3 Å². The Kier molecular flexibility index (Phi) is 38.7. The molecule has 9 heteroatoms. The van der Waals surface area contributed by atoms with Crippen molar-refractivity contribution in [1.82, 2.24) is 5.32 Å². The normalized spacial score (nSPS) is 14.5. The summed E-state index contributed by atoms with van der Waals surface area (Å²) in [7, 11) is 1.30. The number of unbranched alkanes of at least 4 members (excludes halogenated alkanes) is 26. The van der Waals surface area contributed by atoms with E-state index < -0.39 is 20.0 Å². The highest BCUT2D eigenvalue weighted by Crippen LogP contribution is 2.38. The van der Waals surface area contributed by atoms with Crippen LogP contribution in [0, 0.1) is 0 Å². The van der Waals surface area contributed by atoms with Crippen LogP contribution in [0.1, 0.15) is 219 Å². The zero-order valence-corrected chi connectivity index (χ0v) is 38.5. The third kappa shape index (κ3) is 41.2. The van der Waals surface area contributed by atoms with Crippen LogP contribution in [0.2, 0.25) is 0 Å². The monoisotopic (exact) mass is 813 g/mol. The molecule has 0 rings (SSSR count). The van der Waals surface area contributed by atoms with Crippen LogP contribution in [0.4, 0.5) is 0 Å². The maximum Gasteiger partial charge on any atom is 0.268 e. The molecule has 0 bridgehead atoms. The standard InChI is InChI=1S/C47H93N2O6P/c1-6-8-10-12-14-16-18-19-20-21-22-23-24-25-26-27-28-29-31-33-35-37-39-41-47(51)48-45(44-55-56(52,53)54-43-42-49(3,4)5)46(50)40-38-36-34-32-30-17-15-13-11-9-7-2/h22-23,25-26,45-46,50H,6-21,24,27-44H2,1-5H3,(H-,48,51,52,53)/b23-22-,26-25-.